The van der Waals surface area contributed by atoms with Gasteiger partial charge in [-0.1, -0.05) is 12.1 Å². The molecule has 0 aliphatic heterocycles. The number of carbonyl (C=O) groups is 1. The summed E-state index contributed by atoms with van der Waals surface area (Å²) < 4.78 is 18.0. The zero-order chi connectivity index (χ0) is 19.2. The first-order valence-corrected chi connectivity index (χ1v) is 8.35. The van der Waals surface area contributed by atoms with Crippen LogP contribution in [-0.2, 0) is 0 Å². The predicted molar refractivity (Wildman–Crippen MR) is 101 cm³/mol. The maximum Gasteiger partial charge on any atom is 0.255 e. The van der Waals surface area contributed by atoms with Crippen LogP contribution in [0.1, 0.15) is 28.9 Å². The van der Waals surface area contributed by atoms with Crippen LogP contribution in [0.5, 0.6) is 5.88 Å². The molecule has 3 rings (SSSR count). The maximum absolute atomic E-state index is 12.9. The van der Waals surface area contributed by atoms with E-state index in [0.717, 1.165) is 5.56 Å². The molecule has 3 aromatic rings. The lowest BCUT2D eigenvalue weighted by Crippen LogP contribution is -2.12. The number of rotatable bonds is 6. The quantitative estimate of drug-likeness (QED) is 0.688. The largest absolute Gasteiger partial charge is 0.481 e. The van der Waals surface area contributed by atoms with Gasteiger partial charge in [-0.15, -0.1) is 0 Å². The van der Waals surface area contributed by atoms with Crippen molar-refractivity contribution in [3.63, 3.8) is 0 Å². The molecule has 0 radical (unpaired) electrons. The highest BCUT2D eigenvalue weighted by atomic mass is 19.1. The van der Waals surface area contributed by atoms with Gasteiger partial charge in [-0.3, -0.25) is 4.79 Å². The molecular formula is C20H19FN4O2. The van der Waals surface area contributed by atoms with Gasteiger partial charge in [0.2, 0.25) is 11.8 Å². The van der Waals surface area contributed by atoms with Gasteiger partial charge < -0.3 is 15.4 Å². The zero-order valence-electron chi connectivity index (χ0n) is 14.9. The fourth-order valence-corrected chi connectivity index (χ4v) is 2.46. The predicted octanol–water partition coefficient (Wildman–Crippen LogP) is 4.05. The molecule has 0 aliphatic carbocycles. The Balaban J connectivity index is 1.63. The lowest BCUT2D eigenvalue weighted by Gasteiger charge is -2.15. The molecule has 2 N–H and O–H groups in total. The summed E-state index contributed by atoms with van der Waals surface area (Å²) in [4.78, 5) is 20.6. The van der Waals surface area contributed by atoms with E-state index in [1.807, 2.05) is 19.1 Å². The molecule has 1 amide bonds. The molecule has 0 saturated heterocycles. The van der Waals surface area contributed by atoms with Gasteiger partial charge in [0.05, 0.1) is 13.2 Å². The molecule has 0 fully saturated rings. The van der Waals surface area contributed by atoms with E-state index in [1.165, 1.54) is 24.3 Å². The van der Waals surface area contributed by atoms with E-state index in [9.17, 15) is 9.18 Å². The van der Waals surface area contributed by atoms with Crippen LogP contribution in [0, 0.1) is 5.82 Å². The number of methoxy groups -OCH3 is 1. The van der Waals surface area contributed by atoms with E-state index in [1.54, 1.807) is 31.5 Å². The van der Waals surface area contributed by atoms with E-state index < -0.39 is 0 Å². The summed E-state index contributed by atoms with van der Waals surface area (Å²) in [5.74, 6) is 0.283. The molecule has 138 valence electrons. The van der Waals surface area contributed by atoms with Crippen LogP contribution in [-0.4, -0.2) is 23.0 Å². The number of benzene rings is 2. The number of aromatic nitrogens is 2. The number of hydrogen-bond acceptors (Lipinski definition) is 5. The van der Waals surface area contributed by atoms with Crippen molar-refractivity contribution in [1.82, 2.24) is 9.97 Å². The van der Waals surface area contributed by atoms with E-state index in [0.29, 0.717) is 23.1 Å². The van der Waals surface area contributed by atoms with Gasteiger partial charge in [0, 0.05) is 23.5 Å². The molecule has 1 aromatic heterocycles. The summed E-state index contributed by atoms with van der Waals surface area (Å²) >= 11 is 0. The second kappa shape index (κ2) is 8.27. The Bertz CT molecular complexity index is 914. The first-order valence-electron chi connectivity index (χ1n) is 8.35. The second-order valence-electron chi connectivity index (χ2n) is 5.87. The molecule has 1 atom stereocenters. The van der Waals surface area contributed by atoms with Gasteiger partial charge >= 0.3 is 0 Å². The first-order chi connectivity index (χ1) is 13.0. The summed E-state index contributed by atoms with van der Waals surface area (Å²) in [5.41, 5.74) is 2.05. The van der Waals surface area contributed by atoms with Crippen LogP contribution in [0.4, 0.5) is 16.0 Å². The van der Waals surface area contributed by atoms with E-state index >= 15 is 0 Å². The van der Waals surface area contributed by atoms with Crippen molar-refractivity contribution in [2.24, 2.45) is 0 Å². The Hall–Kier alpha value is -3.48. The van der Waals surface area contributed by atoms with Crippen LogP contribution < -0.4 is 15.4 Å². The number of hydrogen-bond donors (Lipinski definition) is 2. The SMILES string of the molecule is COc1ccnc(NC(C)c2ccc(NC(=O)c3ccc(F)cc3)cc2)n1. The molecule has 27 heavy (non-hydrogen) atoms. The van der Waals surface area contributed by atoms with Gasteiger partial charge in [0.1, 0.15) is 5.82 Å². The molecule has 1 heterocycles. The number of carbonyl (C=O) groups excluding carboxylic acids is 1. The summed E-state index contributed by atoms with van der Waals surface area (Å²) in [6.07, 6.45) is 1.62. The van der Waals surface area contributed by atoms with Crippen molar-refractivity contribution in [1.29, 1.82) is 0 Å². The molecule has 1 unspecified atom stereocenters. The number of nitrogens with one attached hydrogen (secondary N) is 2. The number of anilines is 2. The third-order valence-electron chi connectivity index (χ3n) is 3.96. The molecule has 0 aliphatic rings. The van der Waals surface area contributed by atoms with Gasteiger partial charge in [0.15, 0.2) is 0 Å². The summed E-state index contributed by atoms with van der Waals surface area (Å²) in [7, 11) is 1.55. The smallest absolute Gasteiger partial charge is 0.255 e. The minimum atomic E-state index is -0.377. The van der Waals surface area contributed by atoms with Crippen molar-refractivity contribution in [2.45, 2.75) is 13.0 Å². The van der Waals surface area contributed by atoms with Gasteiger partial charge in [-0.25, -0.2) is 9.37 Å². The Labute approximate surface area is 156 Å². The maximum atomic E-state index is 12.9. The Morgan fingerprint density at radius 2 is 1.78 bits per heavy atom. The van der Waals surface area contributed by atoms with Crippen LogP contribution in [0.15, 0.2) is 60.8 Å². The Kier molecular flexibility index (Phi) is 5.61. The number of amides is 1. The topological polar surface area (TPSA) is 76.1 Å². The number of ether oxygens (including phenoxy) is 1. The van der Waals surface area contributed by atoms with Crippen LogP contribution >= 0.6 is 0 Å². The molecule has 2 aromatic carbocycles. The molecule has 7 heteroatoms. The zero-order valence-corrected chi connectivity index (χ0v) is 14.9. The van der Waals surface area contributed by atoms with Crippen molar-refractivity contribution in [2.75, 3.05) is 17.7 Å². The summed E-state index contributed by atoms with van der Waals surface area (Å²) in [5, 5.41) is 5.98. The first kappa shape index (κ1) is 18.3. The lowest BCUT2D eigenvalue weighted by molar-refractivity contribution is 0.102. The minimum absolute atomic E-state index is 0.0426. The highest BCUT2D eigenvalue weighted by molar-refractivity contribution is 6.04. The van der Waals surface area contributed by atoms with E-state index in [-0.39, 0.29) is 17.8 Å². The third kappa shape index (κ3) is 4.78. The highest BCUT2D eigenvalue weighted by Gasteiger charge is 2.10. The molecule has 6 nitrogen and oxygen atoms in total. The minimum Gasteiger partial charge on any atom is -0.481 e. The molecule has 0 spiro atoms. The molecular weight excluding hydrogens is 347 g/mol. The summed E-state index contributed by atoms with van der Waals surface area (Å²) in [6.45, 7) is 1.98. The average molecular weight is 366 g/mol. The standard InChI is InChI=1S/C20H19FN4O2/c1-13(23-20-22-12-11-18(25-20)27-2)14-5-9-17(10-6-14)24-19(26)15-3-7-16(21)8-4-15/h3-13H,1-2H3,(H,24,26)(H,22,23,25). The van der Waals surface area contributed by atoms with E-state index in [4.69, 9.17) is 4.74 Å². The van der Waals surface area contributed by atoms with Crippen molar-refractivity contribution in [3.05, 3.63) is 77.7 Å². The molecule has 0 bridgehead atoms. The van der Waals surface area contributed by atoms with Gasteiger partial charge in [0.25, 0.3) is 5.91 Å². The van der Waals surface area contributed by atoms with Crippen LogP contribution in [0.25, 0.3) is 0 Å². The van der Waals surface area contributed by atoms with E-state index in [2.05, 4.69) is 20.6 Å². The highest BCUT2D eigenvalue weighted by Crippen LogP contribution is 2.20. The van der Waals surface area contributed by atoms with Crippen molar-refractivity contribution in [3.8, 4) is 5.88 Å². The van der Waals surface area contributed by atoms with Crippen molar-refractivity contribution >= 4 is 17.5 Å². The van der Waals surface area contributed by atoms with Crippen LogP contribution in [0.3, 0.4) is 0 Å². The van der Waals surface area contributed by atoms with Gasteiger partial charge in [-0.2, -0.15) is 4.98 Å². The fourth-order valence-electron chi connectivity index (χ4n) is 2.46. The Morgan fingerprint density at radius 3 is 2.44 bits per heavy atom. The fraction of sp³-hybridized carbons (Fsp3) is 0.150. The van der Waals surface area contributed by atoms with Crippen molar-refractivity contribution < 1.29 is 13.9 Å². The average Bonchev–Trinajstić information content (AvgIpc) is 2.69. The third-order valence-corrected chi connectivity index (χ3v) is 3.96. The molecule has 0 saturated carbocycles. The Morgan fingerprint density at radius 1 is 1.07 bits per heavy atom. The van der Waals surface area contributed by atoms with Gasteiger partial charge in [-0.05, 0) is 48.9 Å². The summed E-state index contributed by atoms with van der Waals surface area (Å²) in [6, 6.07) is 14.4. The normalized spacial score (nSPS) is 11.5. The monoisotopic (exact) mass is 366 g/mol. The number of nitrogens with zero attached hydrogens (tertiary/aromatic N) is 2. The van der Waals surface area contributed by atoms with Crippen LogP contribution in [0.2, 0.25) is 0 Å². The lowest BCUT2D eigenvalue weighted by atomic mass is 10.1. The second-order valence-corrected chi connectivity index (χ2v) is 5.87. The number of halogens is 1.